The zero-order valence-corrected chi connectivity index (χ0v) is 16.7. The van der Waals surface area contributed by atoms with Gasteiger partial charge < -0.3 is 19.7 Å². The van der Waals surface area contributed by atoms with Gasteiger partial charge in [-0.05, 0) is 67.7 Å². The predicted octanol–water partition coefficient (Wildman–Crippen LogP) is 3.59. The number of nitrogens with one attached hydrogen (secondary N) is 1. The Morgan fingerprint density at radius 1 is 1.32 bits per heavy atom. The van der Waals surface area contributed by atoms with Crippen LogP contribution in [0.25, 0.3) is 0 Å². The van der Waals surface area contributed by atoms with Gasteiger partial charge in [0.05, 0.1) is 12.7 Å². The minimum Gasteiger partial charge on any atom is -0.497 e. The van der Waals surface area contributed by atoms with Crippen molar-refractivity contribution < 1.29 is 19.1 Å². The van der Waals surface area contributed by atoms with Crippen LogP contribution in [-0.2, 0) is 4.74 Å². The van der Waals surface area contributed by atoms with E-state index in [-0.39, 0.29) is 11.9 Å². The molecule has 25 heavy (non-hydrogen) atoms. The predicted molar refractivity (Wildman–Crippen MR) is 99.0 cm³/mol. The van der Waals surface area contributed by atoms with E-state index in [1.54, 1.807) is 30.2 Å². The maximum atomic E-state index is 12.8. The van der Waals surface area contributed by atoms with Gasteiger partial charge in [0.1, 0.15) is 11.4 Å². The standard InChI is InChI=1S/C18H25BrN2O4/c1-18(2,3)25-17(23)20-12-6-5-9-21(11-12)16(22)14-10-13(24-4)7-8-15(14)19/h7-8,10,12H,5-6,9,11H2,1-4H3,(H,20,23). The van der Waals surface area contributed by atoms with Crippen molar-refractivity contribution in [3.63, 3.8) is 0 Å². The molecule has 2 rings (SSSR count). The zero-order chi connectivity index (χ0) is 18.6. The largest absolute Gasteiger partial charge is 0.497 e. The van der Waals surface area contributed by atoms with Crippen LogP contribution in [0.15, 0.2) is 22.7 Å². The molecule has 0 radical (unpaired) electrons. The molecule has 0 bridgehead atoms. The summed E-state index contributed by atoms with van der Waals surface area (Å²) in [7, 11) is 1.57. The third-order valence-corrected chi connectivity index (χ3v) is 4.52. The Balaban J connectivity index is 2.03. The molecule has 1 N–H and O–H groups in total. The van der Waals surface area contributed by atoms with Gasteiger partial charge in [0, 0.05) is 23.6 Å². The third kappa shape index (κ3) is 5.63. The van der Waals surface area contributed by atoms with Crippen molar-refractivity contribution in [3.8, 4) is 5.75 Å². The van der Waals surface area contributed by atoms with Gasteiger partial charge in [-0.25, -0.2) is 4.79 Å². The Kier molecular flexibility index (Phi) is 6.32. The first kappa shape index (κ1) is 19.6. The van der Waals surface area contributed by atoms with Gasteiger partial charge in [0.15, 0.2) is 0 Å². The number of hydrogen-bond donors (Lipinski definition) is 1. The van der Waals surface area contributed by atoms with E-state index < -0.39 is 11.7 Å². The molecule has 1 unspecified atom stereocenters. The van der Waals surface area contributed by atoms with Crippen molar-refractivity contribution in [2.45, 2.75) is 45.3 Å². The summed E-state index contributed by atoms with van der Waals surface area (Å²) in [5, 5.41) is 2.86. The number of carbonyl (C=O) groups excluding carboxylic acids is 2. The summed E-state index contributed by atoms with van der Waals surface area (Å²) in [5.74, 6) is 0.549. The maximum absolute atomic E-state index is 12.8. The lowest BCUT2D eigenvalue weighted by Gasteiger charge is -2.34. The highest BCUT2D eigenvalue weighted by molar-refractivity contribution is 9.10. The van der Waals surface area contributed by atoms with E-state index in [0.717, 1.165) is 17.3 Å². The molecule has 1 atom stereocenters. The number of likely N-dealkylation sites (tertiary alicyclic amines) is 1. The number of halogens is 1. The number of piperidine rings is 1. The summed E-state index contributed by atoms with van der Waals surface area (Å²) >= 11 is 3.42. The topological polar surface area (TPSA) is 67.9 Å². The van der Waals surface area contributed by atoms with Gasteiger partial charge in [-0.15, -0.1) is 0 Å². The molecule has 7 heteroatoms. The quantitative estimate of drug-likeness (QED) is 0.823. The van der Waals surface area contributed by atoms with Gasteiger partial charge >= 0.3 is 6.09 Å². The summed E-state index contributed by atoms with van der Waals surface area (Å²) in [6.45, 7) is 6.59. The second-order valence-electron chi connectivity index (χ2n) is 7.08. The van der Waals surface area contributed by atoms with E-state index in [1.165, 1.54) is 0 Å². The van der Waals surface area contributed by atoms with E-state index in [9.17, 15) is 9.59 Å². The van der Waals surface area contributed by atoms with Crippen molar-refractivity contribution in [1.82, 2.24) is 10.2 Å². The fourth-order valence-electron chi connectivity index (χ4n) is 2.72. The van der Waals surface area contributed by atoms with Crippen molar-refractivity contribution >= 4 is 27.9 Å². The number of hydrogen-bond acceptors (Lipinski definition) is 4. The minimum absolute atomic E-state index is 0.0820. The van der Waals surface area contributed by atoms with Crippen LogP contribution in [0, 0.1) is 0 Å². The molecule has 0 aromatic heterocycles. The molecular weight excluding hydrogens is 388 g/mol. The van der Waals surface area contributed by atoms with Crippen LogP contribution in [-0.4, -0.2) is 48.7 Å². The van der Waals surface area contributed by atoms with Gasteiger partial charge in [0.2, 0.25) is 0 Å². The summed E-state index contributed by atoms with van der Waals surface area (Å²) in [4.78, 5) is 26.6. The summed E-state index contributed by atoms with van der Waals surface area (Å²) in [5.41, 5.74) is 0.0111. The Bertz CT molecular complexity index is 642. The molecule has 1 heterocycles. The molecule has 138 valence electrons. The monoisotopic (exact) mass is 412 g/mol. The number of carbonyl (C=O) groups is 2. The zero-order valence-electron chi connectivity index (χ0n) is 15.1. The fourth-order valence-corrected chi connectivity index (χ4v) is 3.14. The Morgan fingerprint density at radius 3 is 2.68 bits per heavy atom. The van der Waals surface area contributed by atoms with Crippen molar-refractivity contribution in [2.75, 3.05) is 20.2 Å². The van der Waals surface area contributed by atoms with Gasteiger partial charge in [-0.1, -0.05) is 0 Å². The molecule has 2 amide bonds. The van der Waals surface area contributed by atoms with E-state index in [2.05, 4.69) is 21.2 Å². The highest BCUT2D eigenvalue weighted by Gasteiger charge is 2.28. The molecule has 6 nitrogen and oxygen atoms in total. The van der Waals surface area contributed by atoms with Crippen LogP contribution >= 0.6 is 15.9 Å². The second kappa shape index (κ2) is 8.08. The molecular formula is C18H25BrN2O4. The highest BCUT2D eigenvalue weighted by atomic mass is 79.9. The first-order valence-corrected chi connectivity index (χ1v) is 9.11. The molecule has 1 aromatic carbocycles. The number of amides is 2. The van der Waals surface area contributed by atoms with E-state index in [1.807, 2.05) is 20.8 Å². The van der Waals surface area contributed by atoms with Crippen LogP contribution in [0.5, 0.6) is 5.75 Å². The van der Waals surface area contributed by atoms with Gasteiger partial charge in [0.25, 0.3) is 5.91 Å². The van der Waals surface area contributed by atoms with E-state index in [0.29, 0.717) is 24.4 Å². The Labute approximate surface area is 157 Å². The molecule has 1 fully saturated rings. The van der Waals surface area contributed by atoms with Gasteiger partial charge in [-0.2, -0.15) is 0 Å². The van der Waals surface area contributed by atoms with E-state index in [4.69, 9.17) is 9.47 Å². The molecule has 0 aliphatic carbocycles. The lowest BCUT2D eigenvalue weighted by Crippen LogP contribution is -2.50. The Hall–Kier alpha value is -1.76. The van der Waals surface area contributed by atoms with Crippen LogP contribution in [0.3, 0.4) is 0 Å². The maximum Gasteiger partial charge on any atom is 0.407 e. The SMILES string of the molecule is COc1ccc(Br)c(C(=O)N2CCCC(NC(=O)OC(C)(C)C)C2)c1. The average Bonchev–Trinajstić information content (AvgIpc) is 2.53. The molecule has 1 aromatic rings. The number of ether oxygens (including phenoxy) is 2. The number of nitrogens with zero attached hydrogens (tertiary/aromatic N) is 1. The lowest BCUT2D eigenvalue weighted by molar-refractivity contribution is 0.0452. The van der Waals surface area contributed by atoms with Crippen molar-refractivity contribution in [1.29, 1.82) is 0 Å². The first-order valence-electron chi connectivity index (χ1n) is 8.32. The summed E-state index contributed by atoms with van der Waals surface area (Å²) in [6.07, 6.45) is 1.20. The molecule has 1 saturated heterocycles. The number of benzene rings is 1. The number of methoxy groups -OCH3 is 1. The molecule has 1 aliphatic heterocycles. The Morgan fingerprint density at radius 2 is 2.04 bits per heavy atom. The molecule has 0 spiro atoms. The molecule has 1 aliphatic rings. The summed E-state index contributed by atoms with van der Waals surface area (Å²) in [6, 6.07) is 5.20. The van der Waals surface area contributed by atoms with Crippen LogP contribution in [0.4, 0.5) is 4.79 Å². The molecule has 0 saturated carbocycles. The number of rotatable bonds is 3. The lowest BCUT2D eigenvalue weighted by atomic mass is 10.0. The van der Waals surface area contributed by atoms with E-state index >= 15 is 0 Å². The van der Waals surface area contributed by atoms with Crippen LogP contribution < -0.4 is 10.1 Å². The second-order valence-corrected chi connectivity index (χ2v) is 7.94. The average molecular weight is 413 g/mol. The summed E-state index contributed by atoms with van der Waals surface area (Å²) < 4.78 is 11.2. The minimum atomic E-state index is -0.542. The van der Waals surface area contributed by atoms with Crippen molar-refractivity contribution in [2.24, 2.45) is 0 Å². The smallest absolute Gasteiger partial charge is 0.407 e. The normalized spacial score (nSPS) is 17.8. The third-order valence-electron chi connectivity index (χ3n) is 3.83. The highest BCUT2D eigenvalue weighted by Crippen LogP contribution is 2.25. The van der Waals surface area contributed by atoms with Crippen LogP contribution in [0.2, 0.25) is 0 Å². The van der Waals surface area contributed by atoms with Crippen molar-refractivity contribution in [3.05, 3.63) is 28.2 Å². The van der Waals surface area contributed by atoms with Crippen LogP contribution in [0.1, 0.15) is 44.0 Å². The fraction of sp³-hybridized carbons (Fsp3) is 0.556. The first-order chi connectivity index (χ1) is 11.7. The number of alkyl carbamates (subject to hydrolysis) is 1. The van der Waals surface area contributed by atoms with Gasteiger partial charge in [-0.3, -0.25) is 4.79 Å².